The molecule has 1 amide bonds. The quantitative estimate of drug-likeness (QED) is 0.145. The second-order valence-electron chi connectivity index (χ2n) is 8.39. The first kappa shape index (κ1) is 25.4. The van der Waals surface area contributed by atoms with Crippen molar-refractivity contribution in [3.63, 3.8) is 0 Å². The number of aliphatic hydroxyl groups is 1. The van der Waals surface area contributed by atoms with Gasteiger partial charge in [-0.3, -0.25) is 24.6 Å². The number of amides is 1. The predicted molar refractivity (Wildman–Crippen MR) is 138 cm³/mol. The summed E-state index contributed by atoms with van der Waals surface area (Å²) in [5.41, 5.74) is 1.50. The number of aliphatic hydroxyl groups excluding tert-OH is 1. The van der Waals surface area contributed by atoms with Crippen molar-refractivity contribution in [3.8, 4) is 11.5 Å². The van der Waals surface area contributed by atoms with Gasteiger partial charge in [-0.25, -0.2) is 0 Å². The Morgan fingerprint density at radius 3 is 2.35 bits per heavy atom. The van der Waals surface area contributed by atoms with Crippen LogP contribution in [0.5, 0.6) is 11.5 Å². The highest BCUT2D eigenvalue weighted by atomic mass is 16.6. The molecule has 1 unspecified atom stereocenters. The summed E-state index contributed by atoms with van der Waals surface area (Å²) in [6, 6.07) is 16.5. The standard InChI is InChI=1S/C28H26N2O7/c1-4-36-22-13-12-20(16-23(22)37-5-2)29-25(18-9-6-8-17(3)14-18)24(27(32)28(29)33)26(31)19-10-7-11-21(15-19)30(34)35/h6-16,25,31H,4-5H2,1-3H3/b26-24+. The second kappa shape index (κ2) is 10.5. The number of ether oxygens (including phenoxy) is 2. The second-order valence-corrected chi connectivity index (χ2v) is 8.39. The van der Waals surface area contributed by atoms with Crippen molar-refractivity contribution in [3.05, 3.63) is 99.1 Å². The van der Waals surface area contributed by atoms with Gasteiger partial charge in [-0.05, 0) is 38.5 Å². The van der Waals surface area contributed by atoms with Crippen LogP contribution in [0.4, 0.5) is 11.4 Å². The maximum absolute atomic E-state index is 13.4. The van der Waals surface area contributed by atoms with Crippen molar-refractivity contribution in [2.45, 2.75) is 26.8 Å². The number of ketones is 1. The minimum Gasteiger partial charge on any atom is -0.507 e. The van der Waals surface area contributed by atoms with Crippen molar-refractivity contribution in [1.29, 1.82) is 0 Å². The van der Waals surface area contributed by atoms with E-state index < -0.39 is 28.4 Å². The molecule has 0 saturated carbocycles. The number of carbonyl (C=O) groups excluding carboxylic acids is 2. The lowest BCUT2D eigenvalue weighted by molar-refractivity contribution is -0.384. The number of nitrogens with zero attached hydrogens (tertiary/aromatic N) is 2. The van der Waals surface area contributed by atoms with Crippen molar-refractivity contribution in [2.75, 3.05) is 18.1 Å². The van der Waals surface area contributed by atoms with Crippen molar-refractivity contribution in [2.24, 2.45) is 0 Å². The van der Waals surface area contributed by atoms with Crippen molar-refractivity contribution < 1.29 is 29.1 Å². The summed E-state index contributed by atoms with van der Waals surface area (Å²) < 4.78 is 11.3. The van der Waals surface area contributed by atoms with Gasteiger partial charge in [0.1, 0.15) is 5.76 Å². The lowest BCUT2D eigenvalue weighted by Gasteiger charge is -2.26. The first-order chi connectivity index (χ1) is 17.8. The Bertz CT molecular complexity index is 1410. The van der Waals surface area contributed by atoms with Crippen LogP contribution in [0.15, 0.2) is 72.3 Å². The van der Waals surface area contributed by atoms with E-state index in [9.17, 15) is 24.8 Å². The van der Waals surface area contributed by atoms with Crippen molar-refractivity contribution >= 4 is 28.8 Å². The minimum atomic E-state index is -0.980. The van der Waals surface area contributed by atoms with E-state index >= 15 is 0 Å². The summed E-state index contributed by atoms with van der Waals surface area (Å²) in [6.45, 7) is 6.31. The Morgan fingerprint density at radius 1 is 0.973 bits per heavy atom. The average molecular weight is 503 g/mol. The molecule has 3 aromatic carbocycles. The Balaban J connectivity index is 1.94. The third-order valence-electron chi connectivity index (χ3n) is 5.94. The van der Waals surface area contributed by atoms with Gasteiger partial charge in [0.05, 0.1) is 29.8 Å². The topological polar surface area (TPSA) is 119 Å². The number of benzene rings is 3. The molecule has 0 spiro atoms. The van der Waals surface area contributed by atoms with E-state index in [0.29, 0.717) is 36.0 Å². The Kier molecular flexibility index (Phi) is 7.24. The molecule has 37 heavy (non-hydrogen) atoms. The molecule has 3 aromatic rings. The van der Waals surface area contributed by atoms with Gasteiger partial charge >= 0.3 is 0 Å². The molecule has 1 fully saturated rings. The number of Topliss-reactive ketones (excluding diaryl/α,β-unsaturated/α-hetero) is 1. The minimum absolute atomic E-state index is 0.0616. The van der Waals surface area contributed by atoms with E-state index in [1.54, 1.807) is 30.3 Å². The number of nitro groups is 1. The summed E-state index contributed by atoms with van der Waals surface area (Å²) in [6.07, 6.45) is 0. The largest absolute Gasteiger partial charge is 0.507 e. The molecule has 0 radical (unpaired) electrons. The molecular weight excluding hydrogens is 476 g/mol. The number of nitro benzene ring substituents is 1. The van der Waals surface area contributed by atoms with Gasteiger partial charge in [-0.1, -0.05) is 42.0 Å². The van der Waals surface area contributed by atoms with Crippen molar-refractivity contribution in [1.82, 2.24) is 0 Å². The summed E-state index contributed by atoms with van der Waals surface area (Å²) in [5, 5.41) is 22.5. The van der Waals surface area contributed by atoms with Crippen LogP contribution in [0.1, 0.15) is 36.6 Å². The molecule has 1 atom stereocenters. The molecule has 4 rings (SSSR count). The molecule has 1 N–H and O–H groups in total. The SMILES string of the molecule is CCOc1ccc(N2C(=O)C(=O)/C(=C(/O)c3cccc([N+](=O)[O-])c3)C2c2cccc(C)c2)cc1OCC. The van der Waals surface area contributed by atoms with E-state index in [2.05, 4.69) is 0 Å². The summed E-state index contributed by atoms with van der Waals surface area (Å²) in [4.78, 5) is 38.8. The maximum Gasteiger partial charge on any atom is 0.300 e. The van der Waals surface area contributed by atoms with Gasteiger partial charge in [-0.2, -0.15) is 0 Å². The smallest absolute Gasteiger partial charge is 0.300 e. The summed E-state index contributed by atoms with van der Waals surface area (Å²) >= 11 is 0. The molecular formula is C28H26N2O7. The Labute approximate surface area is 213 Å². The fourth-order valence-corrected chi connectivity index (χ4v) is 4.37. The number of hydrogen-bond acceptors (Lipinski definition) is 7. The van der Waals surface area contributed by atoms with E-state index in [1.165, 1.54) is 29.2 Å². The van der Waals surface area contributed by atoms with Crippen LogP contribution < -0.4 is 14.4 Å². The van der Waals surface area contributed by atoms with Crippen LogP contribution >= 0.6 is 0 Å². The number of aryl methyl sites for hydroxylation is 1. The van der Waals surface area contributed by atoms with Crippen LogP contribution in [-0.4, -0.2) is 34.9 Å². The third kappa shape index (κ3) is 4.88. The normalized spacial score (nSPS) is 16.6. The fourth-order valence-electron chi connectivity index (χ4n) is 4.37. The lowest BCUT2D eigenvalue weighted by Crippen LogP contribution is -2.29. The van der Waals surface area contributed by atoms with Gasteiger partial charge < -0.3 is 14.6 Å². The molecule has 9 heteroatoms. The van der Waals surface area contributed by atoms with E-state index in [1.807, 2.05) is 32.9 Å². The van der Waals surface area contributed by atoms with Crippen LogP contribution in [0, 0.1) is 17.0 Å². The van der Waals surface area contributed by atoms with E-state index in [-0.39, 0.29) is 16.8 Å². The molecule has 190 valence electrons. The number of non-ortho nitro benzene ring substituents is 1. The van der Waals surface area contributed by atoms with Gasteiger partial charge in [0.15, 0.2) is 11.5 Å². The third-order valence-corrected chi connectivity index (χ3v) is 5.94. The highest BCUT2D eigenvalue weighted by molar-refractivity contribution is 6.51. The van der Waals surface area contributed by atoms with Gasteiger partial charge in [0.2, 0.25) is 0 Å². The first-order valence-corrected chi connectivity index (χ1v) is 11.8. The number of hydrogen-bond donors (Lipinski definition) is 1. The zero-order chi connectivity index (χ0) is 26.7. The first-order valence-electron chi connectivity index (χ1n) is 11.8. The molecule has 0 aliphatic carbocycles. The zero-order valence-corrected chi connectivity index (χ0v) is 20.6. The van der Waals surface area contributed by atoms with Gasteiger partial charge in [0.25, 0.3) is 17.4 Å². The van der Waals surface area contributed by atoms with E-state index in [0.717, 1.165) is 5.56 Å². The van der Waals surface area contributed by atoms with Gasteiger partial charge in [-0.15, -0.1) is 0 Å². The monoisotopic (exact) mass is 502 g/mol. The lowest BCUT2D eigenvalue weighted by atomic mass is 9.94. The maximum atomic E-state index is 13.4. The molecule has 1 heterocycles. The van der Waals surface area contributed by atoms with Crippen LogP contribution in [0.3, 0.4) is 0 Å². The summed E-state index contributed by atoms with van der Waals surface area (Å²) in [7, 11) is 0. The summed E-state index contributed by atoms with van der Waals surface area (Å²) in [5.74, 6) is -1.33. The zero-order valence-electron chi connectivity index (χ0n) is 20.6. The Morgan fingerprint density at radius 2 is 1.68 bits per heavy atom. The molecule has 1 aliphatic heterocycles. The van der Waals surface area contributed by atoms with Crippen LogP contribution in [0.2, 0.25) is 0 Å². The fraction of sp³-hybridized carbons (Fsp3) is 0.214. The van der Waals surface area contributed by atoms with E-state index in [4.69, 9.17) is 9.47 Å². The number of anilines is 1. The highest BCUT2D eigenvalue weighted by Gasteiger charge is 2.47. The molecule has 1 saturated heterocycles. The predicted octanol–water partition coefficient (Wildman–Crippen LogP) is 5.33. The highest BCUT2D eigenvalue weighted by Crippen LogP contribution is 2.44. The number of rotatable bonds is 8. The molecule has 0 aromatic heterocycles. The molecule has 0 bridgehead atoms. The molecule has 1 aliphatic rings. The van der Waals surface area contributed by atoms with Gasteiger partial charge in [0, 0.05) is 29.4 Å². The Hall–Kier alpha value is -4.66. The number of carbonyl (C=O) groups is 2. The average Bonchev–Trinajstić information content (AvgIpc) is 3.15. The van der Waals surface area contributed by atoms with Crippen LogP contribution in [-0.2, 0) is 9.59 Å². The molecule has 9 nitrogen and oxygen atoms in total. The van der Waals surface area contributed by atoms with Crippen LogP contribution in [0.25, 0.3) is 5.76 Å².